The number of nitrogen functional groups attached to an aromatic ring is 1. The summed E-state index contributed by atoms with van der Waals surface area (Å²) in [5, 5.41) is 11.5. The predicted molar refractivity (Wildman–Crippen MR) is 80.1 cm³/mol. The molecule has 108 valence electrons. The Morgan fingerprint density at radius 2 is 2.24 bits per heavy atom. The van der Waals surface area contributed by atoms with Gasteiger partial charge in [0.1, 0.15) is 4.88 Å². The number of amides is 1. The van der Waals surface area contributed by atoms with Crippen molar-refractivity contribution in [1.82, 2.24) is 24.9 Å². The van der Waals surface area contributed by atoms with Crippen LogP contribution in [0.4, 0.5) is 5.13 Å². The molecule has 1 unspecified atom stereocenters. The minimum atomic E-state index is -0.280. The molecule has 0 aliphatic carbocycles. The van der Waals surface area contributed by atoms with Gasteiger partial charge in [0.25, 0.3) is 5.91 Å². The first-order valence-corrected chi connectivity index (χ1v) is 7.21. The molecule has 0 saturated heterocycles. The monoisotopic (exact) mass is 302 g/mol. The van der Waals surface area contributed by atoms with Crippen LogP contribution in [-0.2, 0) is 0 Å². The summed E-state index contributed by atoms with van der Waals surface area (Å²) in [5.41, 5.74) is 6.99. The van der Waals surface area contributed by atoms with Crippen LogP contribution in [0.15, 0.2) is 24.4 Å². The molecular formula is C13H14N6OS. The number of pyridine rings is 1. The Morgan fingerprint density at radius 3 is 2.95 bits per heavy atom. The normalized spacial score (nSPS) is 12.5. The molecule has 0 bridgehead atoms. The average molecular weight is 302 g/mol. The van der Waals surface area contributed by atoms with Crippen molar-refractivity contribution in [3.63, 3.8) is 0 Å². The highest BCUT2D eigenvalue weighted by Crippen LogP contribution is 2.21. The second-order valence-electron chi connectivity index (χ2n) is 4.65. The number of anilines is 1. The van der Waals surface area contributed by atoms with Crippen LogP contribution >= 0.6 is 11.3 Å². The smallest absolute Gasteiger partial charge is 0.263 e. The second kappa shape index (κ2) is 5.13. The molecule has 1 atom stereocenters. The number of carbonyl (C=O) groups excluding carboxylic acids is 1. The number of hydrogen-bond acceptors (Lipinski definition) is 6. The van der Waals surface area contributed by atoms with Crippen molar-refractivity contribution in [3.8, 4) is 0 Å². The van der Waals surface area contributed by atoms with Gasteiger partial charge in [0.05, 0.1) is 11.7 Å². The highest BCUT2D eigenvalue weighted by Gasteiger charge is 2.19. The number of hydrogen-bond donors (Lipinski definition) is 2. The number of thiazole rings is 1. The Morgan fingerprint density at radius 1 is 1.43 bits per heavy atom. The number of carbonyl (C=O) groups is 1. The lowest BCUT2D eigenvalue weighted by molar-refractivity contribution is 0.0941. The van der Waals surface area contributed by atoms with E-state index >= 15 is 0 Å². The van der Waals surface area contributed by atoms with Crippen LogP contribution in [0.25, 0.3) is 5.65 Å². The molecular weight excluding hydrogens is 288 g/mol. The molecule has 3 aromatic heterocycles. The van der Waals surface area contributed by atoms with Gasteiger partial charge in [-0.15, -0.1) is 10.2 Å². The van der Waals surface area contributed by atoms with E-state index in [0.717, 1.165) is 5.65 Å². The molecule has 3 rings (SSSR count). The Bertz CT molecular complexity index is 808. The largest absolute Gasteiger partial charge is 0.375 e. The van der Waals surface area contributed by atoms with Crippen LogP contribution in [0.1, 0.15) is 34.2 Å². The van der Waals surface area contributed by atoms with Gasteiger partial charge in [0.2, 0.25) is 0 Å². The third-order valence-electron chi connectivity index (χ3n) is 3.09. The minimum absolute atomic E-state index is 0.207. The molecule has 1 amide bonds. The number of nitrogens with one attached hydrogen (secondary N) is 1. The number of aryl methyl sites for hydroxylation is 1. The van der Waals surface area contributed by atoms with Crippen LogP contribution in [0, 0.1) is 6.92 Å². The van der Waals surface area contributed by atoms with Crippen LogP contribution in [0.5, 0.6) is 0 Å². The first-order chi connectivity index (χ1) is 10.1. The highest BCUT2D eigenvalue weighted by atomic mass is 32.1. The first kappa shape index (κ1) is 13.5. The van der Waals surface area contributed by atoms with Crippen LogP contribution < -0.4 is 11.1 Å². The summed E-state index contributed by atoms with van der Waals surface area (Å²) in [6.07, 6.45) is 1.86. The van der Waals surface area contributed by atoms with E-state index in [-0.39, 0.29) is 11.9 Å². The molecule has 0 fully saturated rings. The van der Waals surface area contributed by atoms with Crippen molar-refractivity contribution < 1.29 is 4.79 Å². The summed E-state index contributed by atoms with van der Waals surface area (Å²) in [6, 6.07) is 5.36. The fourth-order valence-corrected chi connectivity index (χ4v) is 2.85. The molecule has 0 aromatic carbocycles. The zero-order valence-corrected chi connectivity index (χ0v) is 12.4. The Labute approximate surface area is 124 Å². The van der Waals surface area contributed by atoms with Gasteiger partial charge in [0, 0.05) is 6.20 Å². The van der Waals surface area contributed by atoms with Crippen molar-refractivity contribution in [1.29, 1.82) is 0 Å². The first-order valence-electron chi connectivity index (χ1n) is 6.39. The SMILES string of the molecule is Cc1nc(N)sc1C(=O)NC(C)c1nnc2ccccn12. The lowest BCUT2D eigenvalue weighted by atomic mass is 10.3. The molecule has 0 aliphatic rings. The summed E-state index contributed by atoms with van der Waals surface area (Å²) in [6.45, 7) is 3.62. The summed E-state index contributed by atoms with van der Waals surface area (Å²) >= 11 is 1.18. The summed E-state index contributed by atoms with van der Waals surface area (Å²) in [4.78, 5) is 16.8. The lowest BCUT2D eigenvalue weighted by Crippen LogP contribution is -2.27. The molecule has 0 saturated carbocycles. The zero-order chi connectivity index (χ0) is 15.0. The number of rotatable bonds is 3. The number of nitrogens with two attached hydrogens (primary N) is 1. The summed E-state index contributed by atoms with van der Waals surface area (Å²) < 4.78 is 1.85. The third-order valence-corrected chi connectivity index (χ3v) is 4.08. The molecule has 0 radical (unpaired) electrons. The van der Waals surface area contributed by atoms with E-state index in [1.54, 1.807) is 6.92 Å². The fourth-order valence-electron chi connectivity index (χ4n) is 2.11. The van der Waals surface area contributed by atoms with Crippen molar-refractivity contribution in [2.24, 2.45) is 0 Å². The van der Waals surface area contributed by atoms with E-state index in [0.29, 0.717) is 21.5 Å². The maximum atomic E-state index is 12.3. The van der Waals surface area contributed by atoms with Gasteiger partial charge >= 0.3 is 0 Å². The second-order valence-corrected chi connectivity index (χ2v) is 5.68. The Balaban J connectivity index is 1.84. The Kier molecular flexibility index (Phi) is 3.30. The van der Waals surface area contributed by atoms with Gasteiger partial charge in [-0.3, -0.25) is 9.20 Å². The molecule has 0 aliphatic heterocycles. The van der Waals surface area contributed by atoms with Crippen molar-refractivity contribution in [2.75, 3.05) is 5.73 Å². The molecule has 7 nitrogen and oxygen atoms in total. The lowest BCUT2D eigenvalue weighted by Gasteiger charge is -2.11. The quantitative estimate of drug-likeness (QED) is 0.765. The van der Waals surface area contributed by atoms with Crippen LogP contribution in [0.3, 0.4) is 0 Å². The van der Waals surface area contributed by atoms with Gasteiger partial charge < -0.3 is 11.1 Å². The van der Waals surface area contributed by atoms with E-state index in [2.05, 4.69) is 20.5 Å². The van der Waals surface area contributed by atoms with E-state index in [9.17, 15) is 4.79 Å². The van der Waals surface area contributed by atoms with E-state index in [4.69, 9.17) is 5.73 Å². The zero-order valence-electron chi connectivity index (χ0n) is 11.6. The maximum Gasteiger partial charge on any atom is 0.263 e. The van der Waals surface area contributed by atoms with Gasteiger partial charge in [-0.05, 0) is 26.0 Å². The summed E-state index contributed by atoms with van der Waals surface area (Å²) in [7, 11) is 0. The standard InChI is InChI=1S/C13H14N6OS/c1-7-10(21-13(14)16-7)12(20)15-8(2)11-18-17-9-5-3-4-6-19(9)11/h3-6,8H,1-2H3,(H2,14,16)(H,15,20). The number of nitrogens with zero attached hydrogens (tertiary/aromatic N) is 4. The molecule has 21 heavy (non-hydrogen) atoms. The van der Waals surface area contributed by atoms with Crippen molar-refractivity contribution >= 4 is 28.0 Å². The molecule has 8 heteroatoms. The molecule has 3 heterocycles. The molecule has 0 spiro atoms. The van der Waals surface area contributed by atoms with E-state index in [1.807, 2.05) is 35.7 Å². The van der Waals surface area contributed by atoms with Gasteiger partial charge in [-0.1, -0.05) is 17.4 Å². The van der Waals surface area contributed by atoms with Gasteiger partial charge in [-0.25, -0.2) is 4.98 Å². The fraction of sp³-hybridized carbons (Fsp3) is 0.231. The van der Waals surface area contributed by atoms with E-state index in [1.165, 1.54) is 11.3 Å². The number of aromatic nitrogens is 4. The minimum Gasteiger partial charge on any atom is -0.375 e. The van der Waals surface area contributed by atoms with Gasteiger partial charge in [-0.2, -0.15) is 0 Å². The predicted octanol–water partition coefficient (Wildman–Crippen LogP) is 1.57. The van der Waals surface area contributed by atoms with Gasteiger partial charge in [0.15, 0.2) is 16.6 Å². The topological polar surface area (TPSA) is 98.2 Å². The van der Waals surface area contributed by atoms with Crippen molar-refractivity contribution in [2.45, 2.75) is 19.9 Å². The third kappa shape index (κ3) is 2.45. The summed E-state index contributed by atoms with van der Waals surface area (Å²) in [5.74, 6) is 0.468. The Hall–Kier alpha value is -2.48. The highest BCUT2D eigenvalue weighted by molar-refractivity contribution is 7.17. The van der Waals surface area contributed by atoms with Crippen LogP contribution in [-0.4, -0.2) is 25.5 Å². The number of fused-ring (bicyclic) bond motifs is 1. The van der Waals surface area contributed by atoms with Crippen molar-refractivity contribution in [3.05, 3.63) is 40.8 Å². The van der Waals surface area contributed by atoms with Crippen LogP contribution in [0.2, 0.25) is 0 Å². The van der Waals surface area contributed by atoms with E-state index < -0.39 is 0 Å². The average Bonchev–Trinajstić information content (AvgIpc) is 3.01. The molecule has 3 aromatic rings. The maximum absolute atomic E-state index is 12.3. The molecule has 3 N–H and O–H groups in total.